The van der Waals surface area contributed by atoms with Crippen molar-refractivity contribution in [2.45, 2.75) is 20.0 Å². The van der Waals surface area contributed by atoms with Gasteiger partial charge in [0.2, 0.25) is 0 Å². The predicted octanol–water partition coefficient (Wildman–Crippen LogP) is 0.199. The van der Waals surface area contributed by atoms with Crippen molar-refractivity contribution in [3.05, 3.63) is 22.6 Å². The molecule has 1 rings (SSSR count). The van der Waals surface area contributed by atoms with E-state index in [1.165, 1.54) is 12.3 Å². The first-order chi connectivity index (χ1) is 6.59. The molecule has 0 radical (unpaired) electrons. The Morgan fingerprint density at radius 3 is 2.93 bits per heavy atom. The number of nitrogens with one attached hydrogen (secondary N) is 2. The third kappa shape index (κ3) is 3.18. The van der Waals surface area contributed by atoms with E-state index in [1.54, 1.807) is 0 Å². The van der Waals surface area contributed by atoms with Gasteiger partial charge in [-0.15, -0.1) is 0 Å². The summed E-state index contributed by atoms with van der Waals surface area (Å²) in [4.78, 5) is 10.8. The van der Waals surface area contributed by atoms with Crippen LogP contribution in [0.1, 0.15) is 13.8 Å². The smallest absolute Gasteiger partial charge is 0.266 e. The van der Waals surface area contributed by atoms with Crippen molar-refractivity contribution in [3.8, 4) is 0 Å². The van der Waals surface area contributed by atoms with Crippen molar-refractivity contribution >= 4 is 5.69 Å². The van der Waals surface area contributed by atoms with E-state index >= 15 is 0 Å². The maximum Gasteiger partial charge on any atom is 0.266 e. The quantitative estimate of drug-likeness (QED) is 0.644. The van der Waals surface area contributed by atoms with Crippen LogP contribution in [0, 0.1) is 5.92 Å². The second-order valence-electron chi connectivity index (χ2n) is 3.53. The van der Waals surface area contributed by atoms with Crippen molar-refractivity contribution < 1.29 is 5.11 Å². The zero-order valence-corrected chi connectivity index (χ0v) is 8.32. The summed E-state index contributed by atoms with van der Waals surface area (Å²) in [6.45, 7) is 4.29. The van der Waals surface area contributed by atoms with E-state index in [4.69, 9.17) is 0 Å². The molecule has 0 saturated heterocycles. The van der Waals surface area contributed by atoms with Gasteiger partial charge < -0.3 is 10.4 Å². The second-order valence-corrected chi connectivity index (χ2v) is 3.53. The Morgan fingerprint density at radius 1 is 1.64 bits per heavy atom. The van der Waals surface area contributed by atoms with Gasteiger partial charge in [0, 0.05) is 12.6 Å². The Kier molecular flexibility index (Phi) is 3.64. The third-order valence-electron chi connectivity index (χ3n) is 1.95. The van der Waals surface area contributed by atoms with Gasteiger partial charge in [0.25, 0.3) is 5.56 Å². The first-order valence-corrected chi connectivity index (χ1v) is 4.56. The average Bonchev–Trinajstić information content (AvgIpc) is 2.14. The van der Waals surface area contributed by atoms with E-state index in [0.29, 0.717) is 12.2 Å². The Hall–Kier alpha value is -1.36. The molecule has 0 aliphatic carbocycles. The summed E-state index contributed by atoms with van der Waals surface area (Å²) in [6.07, 6.45) is 1.09. The lowest BCUT2D eigenvalue weighted by Gasteiger charge is -2.15. The van der Waals surface area contributed by atoms with Gasteiger partial charge in [-0.2, -0.15) is 5.10 Å². The van der Waals surface area contributed by atoms with Gasteiger partial charge in [-0.3, -0.25) is 4.79 Å². The Bertz CT molecular complexity index is 335. The van der Waals surface area contributed by atoms with Crippen molar-refractivity contribution in [3.63, 3.8) is 0 Å². The van der Waals surface area contributed by atoms with Gasteiger partial charge in [-0.1, -0.05) is 13.8 Å². The fourth-order valence-corrected chi connectivity index (χ4v) is 0.931. The molecule has 3 N–H and O–H groups in total. The number of aromatic nitrogens is 2. The van der Waals surface area contributed by atoms with E-state index in [-0.39, 0.29) is 11.5 Å². The van der Waals surface area contributed by atoms with Crippen LogP contribution in [0.25, 0.3) is 0 Å². The van der Waals surface area contributed by atoms with Crippen molar-refractivity contribution in [1.29, 1.82) is 0 Å². The van der Waals surface area contributed by atoms with Gasteiger partial charge in [0.15, 0.2) is 0 Å². The van der Waals surface area contributed by atoms with Crippen LogP contribution in [0.15, 0.2) is 17.1 Å². The maximum absolute atomic E-state index is 10.8. The molecule has 78 valence electrons. The summed E-state index contributed by atoms with van der Waals surface area (Å²) in [5, 5.41) is 18.3. The standard InChI is InChI=1S/C9H15N3O2/c1-6(2)8(13)5-10-7-3-9(14)12-11-4-7/h3-4,6,8,13H,5H2,1-2H3,(H2,10,12,14). The van der Waals surface area contributed by atoms with E-state index < -0.39 is 6.10 Å². The molecule has 0 aliphatic rings. The van der Waals surface area contributed by atoms with Gasteiger partial charge in [0.05, 0.1) is 18.0 Å². The van der Waals surface area contributed by atoms with Crippen LogP contribution in [-0.4, -0.2) is 28.0 Å². The molecule has 0 aromatic carbocycles. The van der Waals surface area contributed by atoms with Gasteiger partial charge >= 0.3 is 0 Å². The molecule has 1 aromatic heterocycles. The number of aromatic amines is 1. The molecule has 0 amide bonds. The highest BCUT2D eigenvalue weighted by atomic mass is 16.3. The molecule has 1 heterocycles. The summed E-state index contributed by atoms with van der Waals surface area (Å²) in [5.41, 5.74) is 0.363. The average molecular weight is 197 g/mol. The molecule has 0 saturated carbocycles. The number of hydrogen-bond acceptors (Lipinski definition) is 4. The first kappa shape index (κ1) is 10.7. The van der Waals surface area contributed by atoms with Crippen LogP contribution in [0.5, 0.6) is 0 Å². The SMILES string of the molecule is CC(C)C(O)CNc1cn[nH]c(=O)c1. The van der Waals surface area contributed by atoms with E-state index in [1.807, 2.05) is 13.8 Å². The topological polar surface area (TPSA) is 78.0 Å². The molecule has 5 nitrogen and oxygen atoms in total. The van der Waals surface area contributed by atoms with Crippen LogP contribution in [-0.2, 0) is 0 Å². The summed E-state index contributed by atoms with van der Waals surface area (Å²) in [6, 6.07) is 1.40. The molecule has 0 fully saturated rings. The lowest BCUT2D eigenvalue weighted by molar-refractivity contribution is 0.138. The van der Waals surface area contributed by atoms with Gasteiger partial charge in [-0.05, 0) is 5.92 Å². The summed E-state index contributed by atoms with van der Waals surface area (Å²) in [7, 11) is 0. The van der Waals surface area contributed by atoms with Crippen molar-refractivity contribution in [2.24, 2.45) is 5.92 Å². The molecular formula is C9H15N3O2. The molecule has 1 unspecified atom stereocenters. The normalized spacial score (nSPS) is 12.9. The Morgan fingerprint density at radius 2 is 2.36 bits per heavy atom. The molecule has 0 bridgehead atoms. The minimum absolute atomic E-state index is 0.192. The van der Waals surface area contributed by atoms with Crippen molar-refractivity contribution in [2.75, 3.05) is 11.9 Å². The zero-order chi connectivity index (χ0) is 10.6. The molecule has 1 aromatic rings. The number of rotatable bonds is 4. The molecule has 0 aliphatic heterocycles. The zero-order valence-electron chi connectivity index (χ0n) is 8.32. The van der Waals surface area contributed by atoms with Crippen LogP contribution in [0.2, 0.25) is 0 Å². The lowest BCUT2D eigenvalue weighted by Crippen LogP contribution is -2.25. The third-order valence-corrected chi connectivity index (χ3v) is 1.95. The molecule has 0 spiro atoms. The highest BCUT2D eigenvalue weighted by molar-refractivity contribution is 5.38. The van der Waals surface area contributed by atoms with Crippen LogP contribution in [0.4, 0.5) is 5.69 Å². The lowest BCUT2D eigenvalue weighted by atomic mass is 10.1. The number of aliphatic hydroxyl groups excluding tert-OH is 1. The summed E-state index contributed by atoms with van der Waals surface area (Å²) < 4.78 is 0. The fraction of sp³-hybridized carbons (Fsp3) is 0.556. The number of nitrogens with zero attached hydrogens (tertiary/aromatic N) is 1. The minimum Gasteiger partial charge on any atom is -0.391 e. The number of hydrogen-bond donors (Lipinski definition) is 3. The number of H-pyrrole nitrogens is 1. The van der Waals surface area contributed by atoms with Gasteiger partial charge in [0.1, 0.15) is 0 Å². The Labute approximate surface area is 82.2 Å². The van der Waals surface area contributed by atoms with Crippen LogP contribution in [0.3, 0.4) is 0 Å². The highest BCUT2D eigenvalue weighted by Crippen LogP contribution is 2.03. The monoisotopic (exact) mass is 197 g/mol. The highest BCUT2D eigenvalue weighted by Gasteiger charge is 2.08. The van der Waals surface area contributed by atoms with E-state index in [2.05, 4.69) is 15.5 Å². The minimum atomic E-state index is -0.422. The number of aliphatic hydroxyl groups is 1. The number of anilines is 1. The summed E-state index contributed by atoms with van der Waals surface area (Å²) >= 11 is 0. The molecule has 5 heteroatoms. The molecule has 14 heavy (non-hydrogen) atoms. The molecule has 1 atom stereocenters. The fourth-order valence-electron chi connectivity index (χ4n) is 0.931. The maximum atomic E-state index is 10.8. The predicted molar refractivity (Wildman–Crippen MR) is 54.2 cm³/mol. The first-order valence-electron chi connectivity index (χ1n) is 4.56. The van der Waals surface area contributed by atoms with E-state index in [9.17, 15) is 9.90 Å². The van der Waals surface area contributed by atoms with Gasteiger partial charge in [-0.25, -0.2) is 5.10 Å². The summed E-state index contributed by atoms with van der Waals surface area (Å²) in [5.74, 6) is 0.192. The molecular weight excluding hydrogens is 182 g/mol. The van der Waals surface area contributed by atoms with Crippen molar-refractivity contribution in [1.82, 2.24) is 10.2 Å². The van der Waals surface area contributed by atoms with E-state index in [0.717, 1.165) is 0 Å². The largest absolute Gasteiger partial charge is 0.391 e. The van der Waals surface area contributed by atoms with Crippen LogP contribution < -0.4 is 10.9 Å². The Balaban J connectivity index is 2.50. The second kappa shape index (κ2) is 4.76. The van der Waals surface area contributed by atoms with Crippen LogP contribution >= 0.6 is 0 Å².